The van der Waals surface area contributed by atoms with Crippen molar-refractivity contribution in [2.75, 3.05) is 10.6 Å². The van der Waals surface area contributed by atoms with Gasteiger partial charge in [-0.15, -0.1) is 0 Å². The maximum atomic E-state index is 10.9. The molecule has 0 spiro atoms. The van der Waals surface area contributed by atoms with E-state index in [4.69, 9.17) is 0 Å². The number of nitrogens with one attached hydrogen (secondary N) is 2. The van der Waals surface area contributed by atoms with Gasteiger partial charge in [-0.2, -0.15) is 0 Å². The molecule has 2 amide bonds. The summed E-state index contributed by atoms with van der Waals surface area (Å²) in [6.07, 6.45) is 7.67. The number of nitrogens with zero attached hydrogens (tertiary/aromatic N) is 2. The summed E-state index contributed by atoms with van der Waals surface area (Å²) in [7, 11) is 0. The Hall–Kier alpha value is -3.02. The van der Waals surface area contributed by atoms with Gasteiger partial charge in [-0.05, 0) is 35.4 Å². The molecule has 0 bridgehead atoms. The first-order chi connectivity index (χ1) is 10.2. The summed E-state index contributed by atoms with van der Waals surface area (Å²) in [5.41, 5.74) is 1.80. The van der Waals surface area contributed by atoms with Crippen LogP contribution in [0.2, 0.25) is 0 Å². The lowest BCUT2D eigenvalue weighted by molar-refractivity contribution is -0.114. The molecule has 6 nitrogen and oxygen atoms in total. The summed E-state index contributed by atoms with van der Waals surface area (Å²) in [5.74, 6) is 0.870. The zero-order valence-electron chi connectivity index (χ0n) is 11.4. The lowest BCUT2D eigenvalue weighted by Gasteiger charge is -2.01. The van der Waals surface area contributed by atoms with Crippen LogP contribution in [0.3, 0.4) is 0 Å². The number of anilines is 2. The van der Waals surface area contributed by atoms with E-state index in [-0.39, 0.29) is 5.91 Å². The molecule has 0 fully saturated rings. The fraction of sp³-hybridized carbons (Fsp3) is 0.0667. The van der Waals surface area contributed by atoms with Gasteiger partial charge in [-0.25, -0.2) is 9.97 Å². The van der Waals surface area contributed by atoms with E-state index in [9.17, 15) is 9.59 Å². The third-order valence-corrected chi connectivity index (χ3v) is 2.55. The fourth-order valence-corrected chi connectivity index (χ4v) is 1.60. The maximum absolute atomic E-state index is 10.9. The average Bonchev–Trinajstić information content (AvgIpc) is 2.48. The van der Waals surface area contributed by atoms with E-state index in [1.165, 1.54) is 6.92 Å². The molecule has 2 heterocycles. The number of rotatable bonds is 5. The van der Waals surface area contributed by atoms with Crippen LogP contribution < -0.4 is 10.6 Å². The van der Waals surface area contributed by atoms with Gasteiger partial charge in [-0.3, -0.25) is 9.59 Å². The van der Waals surface area contributed by atoms with Crippen LogP contribution in [-0.2, 0) is 9.59 Å². The van der Waals surface area contributed by atoms with Crippen LogP contribution in [0.4, 0.5) is 11.6 Å². The first-order valence-electron chi connectivity index (χ1n) is 6.25. The minimum absolute atomic E-state index is 0.152. The Labute approximate surface area is 121 Å². The molecule has 2 aromatic heterocycles. The molecule has 0 aliphatic heterocycles. The van der Waals surface area contributed by atoms with Crippen LogP contribution >= 0.6 is 0 Å². The summed E-state index contributed by atoms with van der Waals surface area (Å²) in [6, 6.07) is 7.14. The molecular formula is C15H14N4O2. The Kier molecular flexibility index (Phi) is 4.76. The normalized spacial score (nSPS) is 10.3. The lowest BCUT2D eigenvalue weighted by Crippen LogP contribution is -2.06. The topological polar surface area (TPSA) is 84.0 Å². The number of aromatic nitrogens is 2. The van der Waals surface area contributed by atoms with Crippen LogP contribution in [-0.4, -0.2) is 22.3 Å². The molecule has 2 N–H and O–H groups in total. The van der Waals surface area contributed by atoms with Crippen molar-refractivity contribution in [1.29, 1.82) is 0 Å². The second kappa shape index (κ2) is 6.95. The fourth-order valence-electron chi connectivity index (χ4n) is 1.60. The Bertz CT molecular complexity index is 648. The molecule has 2 rings (SSSR count). The van der Waals surface area contributed by atoms with Crippen LogP contribution in [0, 0.1) is 0 Å². The van der Waals surface area contributed by atoms with Crippen LogP contribution in [0.15, 0.2) is 36.7 Å². The first kappa shape index (κ1) is 14.4. The highest BCUT2D eigenvalue weighted by Gasteiger charge is 1.96. The molecule has 0 saturated carbocycles. The number of carbonyl (C=O) groups excluding carboxylic acids is 2. The van der Waals surface area contributed by atoms with Crippen molar-refractivity contribution in [3.8, 4) is 0 Å². The van der Waals surface area contributed by atoms with E-state index >= 15 is 0 Å². The summed E-state index contributed by atoms with van der Waals surface area (Å²) in [6.45, 7) is 1.44. The minimum Gasteiger partial charge on any atom is -0.313 e. The zero-order chi connectivity index (χ0) is 15.1. The van der Waals surface area contributed by atoms with Crippen molar-refractivity contribution in [3.63, 3.8) is 0 Å². The second-order valence-electron chi connectivity index (χ2n) is 4.23. The van der Waals surface area contributed by atoms with Gasteiger partial charge >= 0.3 is 0 Å². The quantitative estimate of drug-likeness (QED) is 0.823. The van der Waals surface area contributed by atoms with Gasteiger partial charge in [-0.1, -0.05) is 12.2 Å². The number of amides is 2. The summed E-state index contributed by atoms with van der Waals surface area (Å²) in [4.78, 5) is 29.3. The van der Waals surface area contributed by atoms with Gasteiger partial charge in [0.15, 0.2) is 0 Å². The predicted molar refractivity (Wildman–Crippen MR) is 81.4 cm³/mol. The molecule has 2 aromatic rings. The Balaban J connectivity index is 2.03. The number of hydrogen-bond donors (Lipinski definition) is 2. The molecule has 0 aliphatic rings. The van der Waals surface area contributed by atoms with Crippen LogP contribution in [0.5, 0.6) is 0 Å². The largest absolute Gasteiger partial charge is 0.313 e. The Morgan fingerprint density at radius 1 is 1.00 bits per heavy atom. The Morgan fingerprint density at radius 3 is 2.00 bits per heavy atom. The van der Waals surface area contributed by atoms with Gasteiger partial charge in [0.1, 0.15) is 11.6 Å². The van der Waals surface area contributed by atoms with Crippen LogP contribution in [0.25, 0.3) is 12.2 Å². The lowest BCUT2D eigenvalue weighted by atomic mass is 10.2. The molecule has 106 valence electrons. The molecule has 0 unspecified atom stereocenters. The molecule has 21 heavy (non-hydrogen) atoms. The minimum atomic E-state index is -0.152. The molecule has 6 heteroatoms. The molecule has 0 aliphatic carbocycles. The summed E-state index contributed by atoms with van der Waals surface area (Å²) in [5, 5.41) is 5.07. The third-order valence-electron chi connectivity index (χ3n) is 2.55. The highest BCUT2D eigenvalue weighted by Crippen LogP contribution is 2.11. The monoisotopic (exact) mass is 282 g/mol. The molecule has 0 atom stereocenters. The molecule has 0 radical (unpaired) electrons. The average molecular weight is 282 g/mol. The van der Waals surface area contributed by atoms with Gasteiger partial charge in [0.25, 0.3) is 0 Å². The van der Waals surface area contributed by atoms with Crippen molar-refractivity contribution in [1.82, 2.24) is 9.97 Å². The van der Waals surface area contributed by atoms with E-state index in [2.05, 4.69) is 20.6 Å². The number of carbonyl (C=O) groups is 2. The van der Waals surface area contributed by atoms with Crippen LogP contribution in [0.1, 0.15) is 18.1 Å². The summed E-state index contributed by atoms with van der Waals surface area (Å²) < 4.78 is 0. The maximum Gasteiger partial charge on any atom is 0.222 e. The third kappa shape index (κ3) is 4.54. The van der Waals surface area contributed by atoms with E-state index in [0.29, 0.717) is 18.0 Å². The first-order valence-corrected chi connectivity index (χ1v) is 6.25. The van der Waals surface area contributed by atoms with E-state index in [1.54, 1.807) is 24.5 Å². The van der Waals surface area contributed by atoms with Crippen molar-refractivity contribution < 1.29 is 9.59 Å². The summed E-state index contributed by atoms with van der Waals surface area (Å²) >= 11 is 0. The van der Waals surface area contributed by atoms with Crippen molar-refractivity contribution in [3.05, 3.63) is 47.8 Å². The van der Waals surface area contributed by atoms with Gasteiger partial charge in [0.2, 0.25) is 12.3 Å². The van der Waals surface area contributed by atoms with E-state index in [1.807, 2.05) is 24.3 Å². The van der Waals surface area contributed by atoms with E-state index in [0.717, 1.165) is 11.1 Å². The SMILES string of the molecule is CC(=O)Nc1ccc(/C=C/c2ccc(NC=O)nc2)cn1. The standard InChI is InChI=1S/C15H14N4O2/c1-11(21)19-15-7-5-13(9-17-15)3-2-12-4-6-14(16-8-12)18-10-20/h2-10H,1H3,(H,16,18,20)(H,17,19,21)/b3-2+. The highest BCUT2D eigenvalue weighted by molar-refractivity contribution is 5.87. The molecule has 0 aromatic carbocycles. The van der Waals surface area contributed by atoms with E-state index < -0.39 is 0 Å². The predicted octanol–water partition coefficient (Wildman–Crippen LogP) is 2.17. The second-order valence-corrected chi connectivity index (χ2v) is 4.23. The number of pyridine rings is 2. The zero-order valence-corrected chi connectivity index (χ0v) is 11.4. The van der Waals surface area contributed by atoms with Gasteiger partial charge < -0.3 is 10.6 Å². The van der Waals surface area contributed by atoms with Gasteiger partial charge in [0.05, 0.1) is 0 Å². The smallest absolute Gasteiger partial charge is 0.222 e. The number of hydrogen-bond acceptors (Lipinski definition) is 4. The van der Waals surface area contributed by atoms with Crippen molar-refractivity contribution >= 4 is 36.1 Å². The highest BCUT2D eigenvalue weighted by atomic mass is 16.1. The molecule has 0 saturated heterocycles. The van der Waals surface area contributed by atoms with Crippen molar-refractivity contribution in [2.45, 2.75) is 6.92 Å². The van der Waals surface area contributed by atoms with Gasteiger partial charge in [0, 0.05) is 19.3 Å². The molecular weight excluding hydrogens is 268 g/mol. The Morgan fingerprint density at radius 2 is 1.57 bits per heavy atom. The van der Waals surface area contributed by atoms with Crippen molar-refractivity contribution in [2.24, 2.45) is 0 Å².